The molecule has 5 nitrogen and oxygen atoms in total. The van der Waals surface area contributed by atoms with E-state index in [4.69, 9.17) is 9.84 Å². The second-order valence-corrected chi connectivity index (χ2v) is 5.77. The van der Waals surface area contributed by atoms with E-state index in [1.807, 2.05) is 48.5 Å². The average Bonchev–Trinajstić information content (AvgIpc) is 2.59. The number of nitrogens with zero attached hydrogens (tertiary/aromatic N) is 2. The van der Waals surface area contributed by atoms with Crippen molar-refractivity contribution in [3.8, 4) is 17.0 Å². The third kappa shape index (κ3) is 3.27. The van der Waals surface area contributed by atoms with Crippen LogP contribution in [0.2, 0.25) is 0 Å². The Balaban J connectivity index is 2.08. The smallest absolute Gasteiger partial charge is 0.313 e. The maximum atomic E-state index is 10.8. The van der Waals surface area contributed by atoms with Crippen molar-refractivity contribution < 1.29 is 14.6 Å². The van der Waals surface area contributed by atoms with Crippen LogP contribution in [0.5, 0.6) is 5.75 Å². The number of carboxylic acid groups (broad SMARTS) is 1. The number of carbonyl (C=O) groups is 1. The fourth-order valence-electron chi connectivity index (χ4n) is 2.28. The van der Waals surface area contributed by atoms with Crippen LogP contribution in [0.4, 0.5) is 0 Å². The van der Waals surface area contributed by atoms with Crippen LogP contribution in [0, 0.1) is 0 Å². The normalized spacial score (nSPS) is 10.7. The highest BCUT2D eigenvalue weighted by molar-refractivity contribution is 8.00. The molecule has 0 fully saturated rings. The molecular weight excluding hydrogens is 312 g/mol. The summed E-state index contributed by atoms with van der Waals surface area (Å²) in [4.78, 5) is 10.8. The topological polar surface area (TPSA) is 72.3 Å². The van der Waals surface area contributed by atoms with Crippen LogP contribution in [0.25, 0.3) is 22.0 Å². The van der Waals surface area contributed by atoms with Gasteiger partial charge in [-0.2, -0.15) is 0 Å². The lowest BCUT2D eigenvalue weighted by molar-refractivity contribution is -0.133. The molecule has 3 rings (SSSR count). The summed E-state index contributed by atoms with van der Waals surface area (Å²) in [5.41, 5.74) is 1.70. The van der Waals surface area contributed by atoms with E-state index in [-0.39, 0.29) is 5.75 Å². The Bertz CT molecular complexity index is 850. The van der Waals surface area contributed by atoms with Crippen LogP contribution in [0.3, 0.4) is 0 Å². The van der Waals surface area contributed by atoms with Crippen molar-refractivity contribution in [3.05, 3.63) is 48.5 Å². The molecule has 0 amide bonds. The quantitative estimate of drug-likeness (QED) is 0.724. The molecule has 23 heavy (non-hydrogen) atoms. The minimum atomic E-state index is -0.875. The predicted octanol–water partition coefficient (Wildman–Crippen LogP) is 3.48. The average molecular weight is 326 g/mol. The van der Waals surface area contributed by atoms with Crippen molar-refractivity contribution in [1.82, 2.24) is 10.2 Å². The lowest BCUT2D eigenvalue weighted by atomic mass is 10.1. The molecule has 3 aromatic rings. The van der Waals surface area contributed by atoms with E-state index in [2.05, 4.69) is 10.2 Å². The summed E-state index contributed by atoms with van der Waals surface area (Å²) in [6.07, 6.45) is 0. The van der Waals surface area contributed by atoms with Crippen LogP contribution < -0.4 is 4.74 Å². The van der Waals surface area contributed by atoms with Gasteiger partial charge in [-0.05, 0) is 24.3 Å². The Labute approximate surface area is 137 Å². The first-order valence-corrected chi connectivity index (χ1v) is 7.92. The minimum Gasteiger partial charge on any atom is -0.497 e. The first-order chi connectivity index (χ1) is 11.2. The van der Waals surface area contributed by atoms with E-state index in [0.717, 1.165) is 27.8 Å². The number of ether oxygens (including phenoxy) is 1. The number of thioether (sulfide) groups is 1. The summed E-state index contributed by atoms with van der Waals surface area (Å²) in [5, 5.41) is 19.8. The number of benzene rings is 2. The third-order valence-corrected chi connectivity index (χ3v) is 4.32. The summed E-state index contributed by atoms with van der Waals surface area (Å²) < 4.78 is 5.17. The minimum absolute atomic E-state index is 0.0411. The van der Waals surface area contributed by atoms with Gasteiger partial charge in [-0.25, -0.2) is 0 Å². The molecule has 0 aliphatic carbocycles. The zero-order valence-corrected chi connectivity index (χ0v) is 13.2. The molecule has 0 radical (unpaired) electrons. The van der Waals surface area contributed by atoms with Crippen LogP contribution in [-0.2, 0) is 4.79 Å². The van der Waals surface area contributed by atoms with Crippen LogP contribution in [-0.4, -0.2) is 34.1 Å². The zero-order chi connectivity index (χ0) is 16.2. The van der Waals surface area contributed by atoms with Crippen molar-refractivity contribution in [3.63, 3.8) is 0 Å². The highest BCUT2D eigenvalue weighted by atomic mass is 32.2. The van der Waals surface area contributed by atoms with Crippen LogP contribution >= 0.6 is 11.8 Å². The summed E-state index contributed by atoms with van der Waals surface area (Å²) in [6, 6.07) is 15.3. The summed E-state index contributed by atoms with van der Waals surface area (Å²) in [5.74, 6) is -0.139. The molecule has 0 spiro atoms. The summed E-state index contributed by atoms with van der Waals surface area (Å²) in [7, 11) is 1.62. The molecule has 1 heterocycles. The Kier molecular flexibility index (Phi) is 4.43. The molecule has 0 bridgehead atoms. The Morgan fingerprint density at radius 1 is 1.09 bits per heavy atom. The number of aliphatic carboxylic acids is 1. The second-order valence-electron chi connectivity index (χ2n) is 4.81. The third-order valence-electron chi connectivity index (χ3n) is 3.35. The number of rotatable bonds is 5. The number of hydrogen-bond acceptors (Lipinski definition) is 5. The van der Waals surface area contributed by atoms with Gasteiger partial charge in [-0.3, -0.25) is 4.79 Å². The van der Waals surface area contributed by atoms with Crippen molar-refractivity contribution in [2.75, 3.05) is 12.9 Å². The van der Waals surface area contributed by atoms with Gasteiger partial charge < -0.3 is 9.84 Å². The summed E-state index contributed by atoms with van der Waals surface area (Å²) >= 11 is 1.17. The van der Waals surface area contributed by atoms with E-state index in [9.17, 15) is 4.79 Å². The molecule has 0 saturated carbocycles. The molecule has 0 atom stereocenters. The van der Waals surface area contributed by atoms with E-state index in [1.165, 1.54) is 11.8 Å². The lowest BCUT2D eigenvalue weighted by Crippen LogP contribution is -2.00. The number of carboxylic acids is 1. The van der Waals surface area contributed by atoms with E-state index in [0.29, 0.717) is 5.03 Å². The van der Waals surface area contributed by atoms with Crippen molar-refractivity contribution in [1.29, 1.82) is 0 Å². The van der Waals surface area contributed by atoms with Gasteiger partial charge in [0, 0.05) is 16.3 Å². The second kappa shape index (κ2) is 6.66. The van der Waals surface area contributed by atoms with Gasteiger partial charge in [0.15, 0.2) is 0 Å². The number of fused-ring (bicyclic) bond motifs is 1. The molecule has 0 unspecified atom stereocenters. The molecule has 0 aliphatic rings. The van der Waals surface area contributed by atoms with Gasteiger partial charge in [0.25, 0.3) is 0 Å². The molecule has 1 N–H and O–H groups in total. The van der Waals surface area contributed by atoms with Crippen molar-refractivity contribution in [2.45, 2.75) is 5.03 Å². The molecule has 0 aliphatic heterocycles. The Morgan fingerprint density at radius 2 is 1.78 bits per heavy atom. The highest BCUT2D eigenvalue weighted by Crippen LogP contribution is 2.32. The number of hydrogen-bond donors (Lipinski definition) is 1. The van der Waals surface area contributed by atoms with Crippen LogP contribution in [0.15, 0.2) is 53.6 Å². The lowest BCUT2D eigenvalue weighted by Gasteiger charge is -2.09. The first kappa shape index (κ1) is 15.3. The van der Waals surface area contributed by atoms with Crippen LogP contribution in [0.1, 0.15) is 0 Å². The SMILES string of the molecule is COc1ccc(-c2nnc(SCC(=O)O)c3ccccc23)cc1. The van der Waals surface area contributed by atoms with Gasteiger partial charge in [0.05, 0.1) is 12.9 Å². The highest BCUT2D eigenvalue weighted by Gasteiger charge is 2.12. The Hall–Kier alpha value is -2.60. The maximum absolute atomic E-state index is 10.8. The van der Waals surface area contributed by atoms with Crippen molar-refractivity contribution in [2.24, 2.45) is 0 Å². The van der Waals surface area contributed by atoms with Gasteiger partial charge in [-0.15, -0.1) is 10.2 Å². The molecule has 116 valence electrons. The van der Waals surface area contributed by atoms with Gasteiger partial charge in [0.1, 0.15) is 16.5 Å². The molecule has 2 aromatic carbocycles. The van der Waals surface area contributed by atoms with E-state index >= 15 is 0 Å². The fraction of sp³-hybridized carbons (Fsp3) is 0.118. The molecule has 6 heteroatoms. The van der Waals surface area contributed by atoms with Gasteiger partial charge >= 0.3 is 5.97 Å². The number of aromatic nitrogens is 2. The van der Waals surface area contributed by atoms with Gasteiger partial charge in [0.2, 0.25) is 0 Å². The number of methoxy groups -OCH3 is 1. The van der Waals surface area contributed by atoms with Gasteiger partial charge in [-0.1, -0.05) is 36.0 Å². The Morgan fingerprint density at radius 3 is 2.43 bits per heavy atom. The molecular formula is C17H14N2O3S. The predicted molar refractivity (Wildman–Crippen MR) is 89.9 cm³/mol. The standard InChI is InChI=1S/C17H14N2O3S/c1-22-12-8-6-11(7-9-12)16-13-4-2-3-5-14(13)17(19-18-16)23-10-15(20)21/h2-9H,10H2,1H3,(H,20,21). The largest absolute Gasteiger partial charge is 0.497 e. The maximum Gasteiger partial charge on any atom is 0.313 e. The van der Waals surface area contributed by atoms with E-state index < -0.39 is 5.97 Å². The molecule has 0 saturated heterocycles. The zero-order valence-electron chi connectivity index (χ0n) is 12.4. The fourth-order valence-corrected chi connectivity index (χ4v) is 2.97. The summed E-state index contributed by atoms with van der Waals surface area (Å²) in [6.45, 7) is 0. The monoisotopic (exact) mass is 326 g/mol. The van der Waals surface area contributed by atoms with E-state index in [1.54, 1.807) is 7.11 Å². The first-order valence-electron chi connectivity index (χ1n) is 6.93. The van der Waals surface area contributed by atoms with Crippen molar-refractivity contribution >= 4 is 28.5 Å². The molecule has 1 aromatic heterocycles.